The monoisotopic (exact) mass is 249 g/mol. The molecule has 0 unspecified atom stereocenters. The lowest BCUT2D eigenvalue weighted by molar-refractivity contribution is 0.102. The van der Waals surface area contributed by atoms with Crippen molar-refractivity contribution < 1.29 is 4.79 Å². The maximum Gasteiger partial charge on any atom is 0.279 e. The molecule has 2 heterocycles. The molecule has 0 saturated carbocycles. The molecule has 2 rings (SSSR count). The predicted octanol–water partition coefficient (Wildman–Crippen LogP) is 1.36. The first-order valence-electron chi connectivity index (χ1n) is 4.67. The average Bonchev–Trinajstić information content (AvgIpc) is 2.33. The lowest BCUT2D eigenvalue weighted by Crippen LogP contribution is -2.17. The Morgan fingerprint density at radius 3 is 2.88 bits per heavy atom. The van der Waals surface area contributed by atoms with E-state index < -0.39 is 5.91 Å². The Morgan fingerprint density at radius 2 is 2.18 bits per heavy atom. The molecule has 86 valence electrons. The van der Waals surface area contributed by atoms with Gasteiger partial charge in [-0.25, -0.2) is 15.0 Å². The van der Waals surface area contributed by atoms with Crippen LogP contribution in [0.4, 0.5) is 11.6 Å². The average molecular weight is 250 g/mol. The van der Waals surface area contributed by atoms with E-state index in [0.717, 1.165) is 0 Å². The zero-order chi connectivity index (χ0) is 12.3. The molecule has 0 radical (unpaired) electrons. The quantitative estimate of drug-likeness (QED) is 0.838. The number of pyridine rings is 1. The van der Waals surface area contributed by atoms with Crippen molar-refractivity contribution in [3.63, 3.8) is 0 Å². The van der Waals surface area contributed by atoms with Crippen LogP contribution in [0.2, 0.25) is 5.15 Å². The van der Waals surface area contributed by atoms with E-state index in [2.05, 4.69) is 20.3 Å². The van der Waals surface area contributed by atoms with E-state index in [1.807, 2.05) is 0 Å². The topological polar surface area (TPSA) is 93.8 Å². The van der Waals surface area contributed by atoms with Gasteiger partial charge in [0, 0.05) is 6.20 Å². The van der Waals surface area contributed by atoms with Crippen LogP contribution < -0.4 is 11.1 Å². The first kappa shape index (κ1) is 11.3. The number of nitrogen functional groups attached to an aromatic ring is 1. The summed E-state index contributed by atoms with van der Waals surface area (Å²) in [6.07, 6.45) is 2.83. The molecule has 2 aromatic rings. The van der Waals surface area contributed by atoms with Crippen molar-refractivity contribution in [3.05, 3.63) is 41.4 Å². The van der Waals surface area contributed by atoms with Crippen LogP contribution in [0.25, 0.3) is 0 Å². The van der Waals surface area contributed by atoms with Crippen molar-refractivity contribution in [1.29, 1.82) is 0 Å². The summed E-state index contributed by atoms with van der Waals surface area (Å²) in [5.41, 5.74) is 5.51. The van der Waals surface area contributed by atoms with Crippen LogP contribution in [0.5, 0.6) is 0 Å². The number of anilines is 2. The molecule has 0 aliphatic rings. The lowest BCUT2D eigenvalue weighted by atomic mass is 10.3. The van der Waals surface area contributed by atoms with E-state index >= 15 is 0 Å². The summed E-state index contributed by atoms with van der Waals surface area (Å²) in [5.74, 6) is -0.0855. The Morgan fingerprint density at radius 1 is 1.35 bits per heavy atom. The number of amides is 1. The number of nitrogens with one attached hydrogen (secondary N) is 1. The van der Waals surface area contributed by atoms with Crippen molar-refractivity contribution in [2.24, 2.45) is 0 Å². The summed E-state index contributed by atoms with van der Waals surface area (Å²) < 4.78 is 0. The molecule has 0 atom stereocenters. The van der Waals surface area contributed by atoms with Gasteiger partial charge in [-0.05, 0) is 12.1 Å². The van der Waals surface area contributed by atoms with Gasteiger partial charge in [0.15, 0.2) is 11.5 Å². The van der Waals surface area contributed by atoms with Gasteiger partial charge in [-0.1, -0.05) is 17.7 Å². The highest BCUT2D eigenvalue weighted by Crippen LogP contribution is 2.11. The summed E-state index contributed by atoms with van der Waals surface area (Å²) >= 11 is 5.64. The van der Waals surface area contributed by atoms with Gasteiger partial charge in [0.25, 0.3) is 5.91 Å². The van der Waals surface area contributed by atoms with Crippen LogP contribution in [-0.2, 0) is 0 Å². The number of rotatable bonds is 2. The number of hydrogen-bond acceptors (Lipinski definition) is 5. The third-order valence-electron chi connectivity index (χ3n) is 1.89. The Balaban J connectivity index is 2.23. The molecular weight excluding hydrogens is 242 g/mol. The van der Waals surface area contributed by atoms with Crippen molar-refractivity contribution >= 4 is 29.1 Å². The highest BCUT2D eigenvalue weighted by atomic mass is 35.5. The smallest absolute Gasteiger partial charge is 0.279 e. The van der Waals surface area contributed by atoms with Crippen molar-refractivity contribution in [3.8, 4) is 0 Å². The summed E-state index contributed by atoms with van der Waals surface area (Å²) in [7, 11) is 0. The second-order valence-corrected chi connectivity index (χ2v) is 3.48. The number of carbonyl (C=O) groups is 1. The minimum absolute atomic E-state index is 0.0165. The Labute approximate surface area is 102 Å². The number of halogens is 1. The Bertz CT molecular complexity index is 546. The van der Waals surface area contributed by atoms with Gasteiger partial charge in [0.2, 0.25) is 0 Å². The van der Waals surface area contributed by atoms with Gasteiger partial charge in [-0.2, -0.15) is 0 Å². The summed E-state index contributed by atoms with van der Waals surface area (Å²) in [5, 5.41) is 2.64. The van der Waals surface area contributed by atoms with E-state index in [0.29, 0.717) is 5.82 Å². The first-order valence-corrected chi connectivity index (χ1v) is 5.05. The second-order valence-electron chi connectivity index (χ2n) is 3.10. The van der Waals surface area contributed by atoms with Crippen molar-refractivity contribution in [2.45, 2.75) is 0 Å². The summed E-state index contributed by atoms with van der Waals surface area (Å²) in [6.45, 7) is 0. The second kappa shape index (κ2) is 4.75. The van der Waals surface area contributed by atoms with Gasteiger partial charge in [0.1, 0.15) is 11.0 Å². The predicted molar refractivity (Wildman–Crippen MR) is 63.6 cm³/mol. The van der Waals surface area contributed by atoms with E-state index in [1.165, 1.54) is 6.20 Å². The number of carbonyl (C=O) groups excluding carboxylic acids is 1. The zero-order valence-electron chi connectivity index (χ0n) is 8.59. The van der Waals surface area contributed by atoms with Crippen LogP contribution in [0.3, 0.4) is 0 Å². The van der Waals surface area contributed by atoms with Crippen molar-refractivity contribution in [1.82, 2.24) is 15.0 Å². The molecule has 1 amide bonds. The number of hydrogen-bond donors (Lipinski definition) is 2. The normalized spacial score (nSPS) is 9.94. The van der Waals surface area contributed by atoms with Crippen LogP contribution in [0.15, 0.2) is 30.6 Å². The minimum atomic E-state index is -0.504. The number of aromatic nitrogens is 3. The maximum atomic E-state index is 11.8. The third kappa shape index (κ3) is 2.67. The van der Waals surface area contributed by atoms with Crippen LogP contribution in [-0.4, -0.2) is 20.9 Å². The largest absolute Gasteiger partial charge is 0.382 e. The molecule has 17 heavy (non-hydrogen) atoms. The molecule has 0 saturated heterocycles. The van der Waals surface area contributed by atoms with E-state index in [4.69, 9.17) is 17.3 Å². The van der Waals surface area contributed by atoms with E-state index in [-0.39, 0.29) is 16.7 Å². The SMILES string of the molecule is Nc1ncc(Cl)nc1C(=O)Nc1ccccn1. The molecule has 0 aliphatic carbocycles. The Hall–Kier alpha value is -2.21. The van der Waals surface area contributed by atoms with E-state index in [1.54, 1.807) is 24.4 Å². The molecule has 0 aromatic carbocycles. The number of nitrogens with two attached hydrogens (primary N) is 1. The zero-order valence-corrected chi connectivity index (χ0v) is 9.35. The van der Waals surface area contributed by atoms with E-state index in [9.17, 15) is 4.79 Å². The van der Waals surface area contributed by atoms with Gasteiger partial charge in [0.05, 0.1) is 6.20 Å². The molecule has 0 aliphatic heterocycles. The van der Waals surface area contributed by atoms with Crippen LogP contribution in [0.1, 0.15) is 10.5 Å². The van der Waals surface area contributed by atoms with Crippen LogP contribution in [0, 0.1) is 0 Å². The first-order chi connectivity index (χ1) is 8.16. The third-order valence-corrected chi connectivity index (χ3v) is 2.08. The molecule has 0 fully saturated rings. The molecule has 6 nitrogen and oxygen atoms in total. The summed E-state index contributed by atoms with van der Waals surface area (Å²) in [4.78, 5) is 23.3. The van der Waals surface area contributed by atoms with Gasteiger partial charge < -0.3 is 11.1 Å². The fraction of sp³-hybridized carbons (Fsp3) is 0. The molecule has 3 N–H and O–H groups in total. The fourth-order valence-corrected chi connectivity index (χ4v) is 1.29. The standard InChI is InChI=1S/C10H8ClN5O/c11-6-5-14-9(12)8(15-6)10(17)16-7-3-1-2-4-13-7/h1-5H,(H2,12,14)(H,13,16,17). The molecular formula is C10H8ClN5O. The van der Waals surface area contributed by atoms with Gasteiger partial charge >= 0.3 is 0 Å². The van der Waals surface area contributed by atoms with Gasteiger partial charge in [-0.15, -0.1) is 0 Å². The molecule has 2 aromatic heterocycles. The van der Waals surface area contributed by atoms with Crippen molar-refractivity contribution in [2.75, 3.05) is 11.1 Å². The highest BCUT2D eigenvalue weighted by Gasteiger charge is 2.13. The maximum absolute atomic E-state index is 11.8. The fourth-order valence-electron chi connectivity index (χ4n) is 1.16. The molecule has 0 bridgehead atoms. The minimum Gasteiger partial charge on any atom is -0.382 e. The van der Waals surface area contributed by atoms with Gasteiger partial charge in [-0.3, -0.25) is 4.79 Å². The number of nitrogens with zero attached hydrogens (tertiary/aromatic N) is 3. The lowest BCUT2D eigenvalue weighted by Gasteiger charge is -2.05. The molecule has 0 spiro atoms. The van der Waals surface area contributed by atoms with Crippen LogP contribution >= 0.6 is 11.6 Å². The molecule has 7 heteroatoms. The Kier molecular flexibility index (Phi) is 3.15. The summed E-state index contributed by atoms with van der Waals surface area (Å²) in [6, 6.07) is 5.13. The highest BCUT2D eigenvalue weighted by molar-refractivity contribution is 6.29.